The lowest BCUT2D eigenvalue weighted by Gasteiger charge is -2.04. The molecule has 3 rings (SSSR count). The van der Waals surface area contributed by atoms with Gasteiger partial charge in [0.05, 0.1) is 30.6 Å². The summed E-state index contributed by atoms with van der Waals surface area (Å²) >= 11 is 0. The summed E-state index contributed by atoms with van der Waals surface area (Å²) in [5.74, 6) is -0.760. The van der Waals surface area contributed by atoms with Crippen LogP contribution in [0.15, 0.2) is 42.7 Å². The van der Waals surface area contributed by atoms with Crippen molar-refractivity contribution in [2.45, 2.75) is 27.3 Å². The number of carbonyl (C=O) groups is 2. The molecule has 0 aliphatic rings. The van der Waals surface area contributed by atoms with Crippen LogP contribution in [0, 0.1) is 13.8 Å². The Morgan fingerprint density at radius 1 is 1.22 bits per heavy atom. The average Bonchev–Trinajstić information content (AvgIpc) is 3.19. The maximum atomic E-state index is 12.6. The fourth-order valence-electron chi connectivity index (χ4n) is 2.97. The van der Waals surface area contributed by atoms with Crippen LogP contribution in [0.5, 0.6) is 0 Å². The molecule has 0 bridgehead atoms. The van der Waals surface area contributed by atoms with Gasteiger partial charge in [-0.05, 0) is 31.9 Å². The molecule has 0 fully saturated rings. The summed E-state index contributed by atoms with van der Waals surface area (Å²) in [5.41, 5.74) is 3.62. The van der Waals surface area contributed by atoms with Gasteiger partial charge in [-0.3, -0.25) is 9.48 Å². The van der Waals surface area contributed by atoms with Crippen LogP contribution in [0.2, 0.25) is 0 Å². The van der Waals surface area contributed by atoms with E-state index in [4.69, 9.17) is 4.74 Å². The largest absolute Gasteiger partial charge is 0.462 e. The summed E-state index contributed by atoms with van der Waals surface area (Å²) in [7, 11) is 0. The van der Waals surface area contributed by atoms with E-state index in [2.05, 4.69) is 15.4 Å². The molecular formula is C20H22N4O3. The van der Waals surface area contributed by atoms with E-state index in [1.165, 1.54) is 0 Å². The number of aromatic nitrogens is 3. The molecule has 0 atom stereocenters. The van der Waals surface area contributed by atoms with E-state index in [1.54, 1.807) is 37.8 Å². The van der Waals surface area contributed by atoms with Crippen LogP contribution >= 0.6 is 0 Å². The van der Waals surface area contributed by atoms with Gasteiger partial charge in [0.25, 0.3) is 5.91 Å². The van der Waals surface area contributed by atoms with Crippen LogP contribution in [-0.2, 0) is 11.3 Å². The normalized spacial score (nSPS) is 10.6. The van der Waals surface area contributed by atoms with Gasteiger partial charge in [0.2, 0.25) is 0 Å². The summed E-state index contributed by atoms with van der Waals surface area (Å²) in [6.07, 6.45) is 3.36. The van der Waals surface area contributed by atoms with E-state index < -0.39 is 5.97 Å². The second-order valence-electron chi connectivity index (χ2n) is 6.21. The summed E-state index contributed by atoms with van der Waals surface area (Å²) in [6.45, 7) is 6.11. The molecule has 1 aromatic carbocycles. The smallest absolute Gasteiger partial charge is 0.340 e. The van der Waals surface area contributed by atoms with E-state index >= 15 is 0 Å². The fraction of sp³-hybridized carbons (Fsp3) is 0.250. The molecule has 2 heterocycles. The van der Waals surface area contributed by atoms with Crippen LogP contribution in [0.25, 0.3) is 0 Å². The molecule has 0 aliphatic heterocycles. The maximum Gasteiger partial charge on any atom is 0.340 e. The number of amides is 1. The van der Waals surface area contributed by atoms with Crippen molar-refractivity contribution in [1.82, 2.24) is 14.8 Å². The predicted molar refractivity (Wildman–Crippen MR) is 102 cm³/mol. The van der Waals surface area contributed by atoms with Crippen molar-refractivity contribution < 1.29 is 14.3 Å². The predicted octanol–water partition coefficient (Wildman–Crippen LogP) is 3.31. The SMILES string of the molecule is CCOC(=O)c1c(C)[nH]c(C(=O)Nc2cnn(Cc3ccccc3)c2)c1C. The first-order chi connectivity index (χ1) is 13.0. The van der Waals surface area contributed by atoms with Crippen molar-refractivity contribution in [1.29, 1.82) is 0 Å². The van der Waals surface area contributed by atoms with Gasteiger partial charge >= 0.3 is 5.97 Å². The molecule has 27 heavy (non-hydrogen) atoms. The molecule has 1 amide bonds. The highest BCUT2D eigenvalue weighted by molar-refractivity contribution is 6.06. The molecule has 0 spiro atoms. The van der Waals surface area contributed by atoms with Crippen LogP contribution in [0.4, 0.5) is 5.69 Å². The molecule has 140 valence electrons. The van der Waals surface area contributed by atoms with Gasteiger partial charge in [0, 0.05) is 11.9 Å². The number of aromatic amines is 1. The molecule has 7 nitrogen and oxygen atoms in total. The summed E-state index contributed by atoms with van der Waals surface area (Å²) < 4.78 is 6.81. The van der Waals surface area contributed by atoms with Crippen LogP contribution in [0.1, 0.15) is 44.6 Å². The Bertz CT molecular complexity index is 957. The summed E-state index contributed by atoms with van der Waals surface area (Å²) in [6, 6.07) is 9.94. The Balaban J connectivity index is 1.73. The number of esters is 1. The Kier molecular flexibility index (Phi) is 5.40. The number of hydrogen-bond donors (Lipinski definition) is 2. The van der Waals surface area contributed by atoms with Crippen LogP contribution in [0.3, 0.4) is 0 Å². The van der Waals surface area contributed by atoms with E-state index in [1.807, 2.05) is 30.3 Å². The number of nitrogens with zero attached hydrogens (tertiary/aromatic N) is 2. The topological polar surface area (TPSA) is 89.0 Å². The molecule has 0 unspecified atom stereocenters. The third-order valence-corrected chi connectivity index (χ3v) is 4.22. The minimum absolute atomic E-state index is 0.283. The summed E-state index contributed by atoms with van der Waals surface area (Å²) in [4.78, 5) is 27.7. The van der Waals surface area contributed by atoms with Crippen molar-refractivity contribution in [2.24, 2.45) is 0 Å². The molecule has 3 aromatic rings. The van der Waals surface area contributed by atoms with Gasteiger partial charge in [0.1, 0.15) is 5.69 Å². The average molecular weight is 366 g/mol. The number of hydrogen-bond acceptors (Lipinski definition) is 4. The van der Waals surface area contributed by atoms with Crippen molar-refractivity contribution in [3.63, 3.8) is 0 Å². The minimum atomic E-state index is -0.432. The zero-order valence-corrected chi connectivity index (χ0v) is 15.6. The van der Waals surface area contributed by atoms with Gasteiger partial charge in [0.15, 0.2) is 0 Å². The number of nitrogens with one attached hydrogen (secondary N) is 2. The fourth-order valence-corrected chi connectivity index (χ4v) is 2.97. The molecule has 0 radical (unpaired) electrons. The van der Waals surface area contributed by atoms with Crippen LogP contribution in [-0.4, -0.2) is 33.2 Å². The number of ether oxygens (including phenoxy) is 1. The number of anilines is 1. The molecule has 2 N–H and O–H groups in total. The standard InChI is InChI=1S/C20H22N4O3/c1-4-27-20(26)17-13(2)18(22-14(17)3)19(25)23-16-10-21-24(12-16)11-15-8-6-5-7-9-15/h5-10,12,22H,4,11H2,1-3H3,(H,23,25). The first-order valence-electron chi connectivity index (χ1n) is 8.73. The third-order valence-electron chi connectivity index (χ3n) is 4.22. The first kappa shape index (κ1) is 18.4. The molecule has 2 aromatic heterocycles. The van der Waals surface area contributed by atoms with E-state index in [0.717, 1.165) is 5.56 Å². The van der Waals surface area contributed by atoms with Crippen molar-refractivity contribution in [3.05, 3.63) is 70.8 Å². The first-order valence-corrected chi connectivity index (χ1v) is 8.73. The maximum absolute atomic E-state index is 12.6. The third kappa shape index (κ3) is 4.08. The molecule has 0 saturated heterocycles. The highest BCUT2D eigenvalue weighted by atomic mass is 16.5. The minimum Gasteiger partial charge on any atom is -0.462 e. The molecule has 0 saturated carbocycles. The van der Waals surface area contributed by atoms with E-state index in [-0.39, 0.29) is 12.5 Å². The Labute approximate surface area is 157 Å². The van der Waals surface area contributed by atoms with Crippen LogP contribution < -0.4 is 5.32 Å². The van der Waals surface area contributed by atoms with E-state index in [0.29, 0.717) is 34.7 Å². The molecule has 0 aliphatic carbocycles. The van der Waals surface area contributed by atoms with Gasteiger partial charge in [-0.15, -0.1) is 0 Å². The van der Waals surface area contributed by atoms with Gasteiger partial charge in [-0.1, -0.05) is 30.3 Å². The Hall–Kier alpha value is -3.35. The van der Waals surface area contributed by atoms with Crippen molar-refractivity contribution in [2.75, 3.05) is 11.9 Å². The highest BCUT2D eigenvalue weighted by Gasteiger charge is 2.23. The van der Waals surface area contributed by atoms with Crippen molar-refractivity contribution >= 4 is 17.6 Å². The number of rotatable bonds is 6. The van der Waals surface area contributed by atoms with Gasteiger partial charge < -0.3 is 15.0 Å². The quantitative estimate of drug-likeness (QED) is 0.655. The lowest BCUT2D eigenvalue weighted by Crippen LogP contribution is -2.14. The molecule has 7 heteroatoms. The monoisotopic (exact) mass is 366 g/mol. The number of H-pyrrole nitrogens is 1. The Morgan fingerprint density at radius 3 is 2.67 bits per heavy atom. The number of benzene rings is 1. The van der Waals surface area contributed by atoms with Crippen molar-refractivity contribution in [3.8, 4) is 0 Å². The second-order valence-corrected chi connectivity index (χ2v) is 6.21. The second kappa shape index (κ2) is 7.90. The van der Waals surface area contributed by atoms with E-state index in [9.17, 15) is 9.59 Å². The van der Waals surface area contributed by atoms with Gasteiger partial charge in [-0.25, -0.2) is 4.79 Å². The number of carbonyl (C=O) groups excluding carboxylic acids is 2. The zero-order valence-electron chi connectivity index (χ0n) is 15.6. The Morgan fingerprint density at radius 2 is 1.96 bits per heavy atom. The highest BCUT2D eigenvalue weighted by Crippen LogP contribution is 2.20. The molecular weight excluding hydrogens is 344 g/mol. The summed E-state index contributed by atoms with van der Waals surface area (Å²) in [5, 5.41) is 7.08. The van der Waals surface area contributed by atoms with Gasteiger partial charge in [-0.2, -0.15) is 5.10 Å². The lowest BCUT2D eigenvalue weighted by molar-refractivity contribution is 0.0525. The lowest BCUT2D eigenvalue weighted by atomic mass is 10.1. The zero-order chi connectivity index (χ0) is 19.4. The number of aryl methyl sites for hydroxylation is 1.